The topological polar surface area (TPSA) is 49.5 Å². The van der Waals surface area contributed by atoms with E-state index in [1.807, 2.05) is 0 Å². The molecule has 0 aliphatic heterocycles. The van der Waals surface area contributed by atoms with E-state index in [4.69, 9.17) is 10.8 Å². The number of hydrogen-bond acceptors (Lipinski definition) is 3. The molecule has 1 aliphatic rings. The van der Waals surface area contributed by atoms with Gasteiger partial charge in [0.05, 0.1) is 6.61 Å². The van der Waals surface area contributed by atoms with Crippen LogP contribution < -0.4 is 5.73 Å². The van der Waals surface area contributed by atoms with Crippen molar-refractivity contribution in [3.63, 3.8) is 0 Å². The lowest BCUT2D eigenvalue weighted by Gasteiger charge is -2.30. The average molecular weight is 242 g/mol. The van der Waals surface area contributed by atoms with E-state index in [1.165, 1.54) is 25.7 Å². The first-order valence-electron chi connectivity index (χ1n) is 7.10. The Hall–Kier alpha value is -0.120. The maximum atomic E-state index is 9.11. The SMILES string of the molecule is CCCCN(CCO)CC1CCC(C)(C)C1N. The molecule has 3 heteroatoms. The molecular formula is C14H30N2O. The van der Waals surface area contributed by atoms with Crippen molar-refractivity contribution in [3.05, 3.63) is 0 Å². The third-order valence-electron chi connectivity index (χ3n) is 4.31. The Morgan fingerprint density at radius 3 is 2.53 bits per heavy atom. The van der Waals surface area contributed by atoms with Crippen molar-refractivity contribution < 1.29 is 5.11 Å². The van der Waals surface area contributed by atoms with E-state index in [0.29, 0.717) is 17.4 Å². The zero-order valence-corrected chi connectivity index (χ0v) is 11.8. The monoisotopic (exact) mass is 242 g/mol. The molecule has 0 spiro atoms. The molecule has 1 saturated carbocycles. The fourth-order valence-electron chi connectivity index (χ4n) is 2.90. The van der Waals surface area contributed by atoms with E-state index in [9.17, 15) is 0 Å². The summed E-state index contributed by atoms with van der Waals surface area (Å²) in [7, 11) is 0. The lowest BCUT2D eigenvalue weighted by atomic mass is 9.85. The van der Waals surface area contributed by atoms with Crippen LogP contribution in [0.2, 0.25) is 0 Å². The highest BCUT2D eigenvalue weighted by Crippen LogP contribution is 2.40. The van der Waals surface area contributed by atoms with Crippen LogP contribution in [0.1, 0.15) is 46.5 Å². The summed E-state index contributed by atoms with van der Waals surface area (Å²) in [5.74, 6) is 0.605. The minimum atomic E-state index is 0.259. The van der Waals surface area contributed by atoms with E-state index in [0.717, 1.165) is 19.6 Å². The highest BCUT2D eigenvalue weighted by molar-refractivity contribution is 4.95. The van der Waals surface area contributed by atoms with Gasteiger partial charge in [-0.3, -0.25) is 0 Å². The largest absolute Gasteiger partial charge is 0.395 e. The zero-order valence-electron chi connectivity index (χ0n) is 11.8. The van der Waals surface area contributed by atoms with Gasteiger partial charge in [-0.15, -0.1) is 0 Å². The zero-order chi connectivity index (χ0) is 12.9. The minimum Gasteiger partial charge on any atom is -0.395 e. The molecular weight excluding hydrogens is 212 g/mol. The molecule has 0 heterocycles. The van der Waals surface area contributed by atoms with Crippen molar-refractivity contribution in [2.24, 2.45) is 17.1 Å². The predicted molar refractivity (Wildman–Crippen MR) is 72.9 cm³/mol. The summed E-state index contributed by atoms with van der Waals surface area (Å²) in [6, 6.07) is 0.310. The quantitative estimate of drug-likeness (QED) is 0.716. The third-order valence-corrected chi connectivity index (χ3v) is 4.31. The maximum Gasteiger partial charge on any atom is 0.0558 e. The van der Waals surface area contributed by atoms with Crippen molar-refractivity contribution in [2.45, 2.75) is 52.5 Å². The van der Waals surface area contributed by atoms with Crippen molar-refractivity contribution in [3.8, 4) is 0 Å². The maximum absolute atomic E-state index is 9.11. The first kappa shape index (κ1) is 14.9. The van der Waals surface area contributed by atoms with Crippen LogP contribution in [-0.4, -0.2) is 42.3 Å². The third kappa shape index (κ3) is 4.23. The van der Waals surface area contributed by atoms with Gasteiger partial charge in [0.25, 0.3) is 0 Å². The van der Waals surface area contributed by atoms with Crippen molar-refractivity contribution in [2.75, 3.05) is 26.2 Å². The Morgan fingerprint density at radius 1 is 1.35 bits per heavy atom. The molecule has 1 rings (SSSR count). The van der Waals surface area contributed by atoms with E-state index < -0.39 is 0 Å². The van der Waals surface area contributed by atoms with Gasteiger partial charge in [-0.05, 0) is 37.1 Å². The van der Waals surface area contributed by atoms with Crippen molar-refractivity contribution >= 4 is 0 Å². The molecule has 2 atom stereocenters. The molecule has 0 aromatic carbocycles. The van der Waals surface area contributed by atoms with Gasteiger partial charge in [0.2, 0.25) is 0 Å². The van der Waals surface area contributed by atoms with Crippen LogP contribution in [0.4, 0.5) is 0 Å². The number of hydrogen-bond donors (Lipinski definition) is 2. The molecule has 0 amide bonds. The molecule has 3 nitrogen and oxygen atoms in total. The van der Waals surface area contributed by atoms with Crippen LogP contribution in [0.3, 0.4) is 0 Å². The van der Waals surface area contributed by atoms with Gasteiger partial charge < -0.3 is 15.7 Å². The van der Waals surface area contributed by atoms with E-state index in [-0.39, 0.29) is 6.61 Å². The van der Waals surface area contributed by atoms with Gasteiger partial charge in [-0.25, -0.2) is 0 Å². The van der Waals surface area contributed by atoms with Gasteiger partial charge >= 0.3 is 0 Å². The summed E-state index contributed by atoms with van der Waals surface area (Å²) < 4.78 is 0. The smallest absolute Gasteiger partial charge is 0.0558 e. The van der Waals surface area contributed by atoms with Gasteiger partial charge in [0.15, 0.2) is 0 Å². The molecule has 1 aliphatic carbocycles. The average Bonchev–Trinajstić information content (AvgIpc) is 2.53. The summed E-state index contributed by atoms with van der Waals surface area (Å²) in [4.78, 5) is 2.38. The van der Waals surface area contributed by atoms with Crippen LogP contribution in [-0.2, 0) is 0 Å². The lowest BCUT2D eigenvalue weighted by Crippen LogP contribution is -2.43. The number of aliphatic hydroxyl groups excluding tert-OH is 1. The first-order valence-corrected chi connectivity index (χ1v) is 7.10. The van der Waals surface area contributed by atoms with Crippen LogP contribution in [0.15, 0.2) is 0 Å². The van der Waals surface area contributed by atoms with E-state index >= 15 is 0 Å². The lowest BCUT2D eigenvalue weighted by molar-refractivity contribution is 0.162. The molecule has 3 N–H and O–H groups in total. The molecule has 0 aromatic heterocycles. The number of nitrogens with two attached hydrogens (primary N) is 1. The highest BCUT2D eigenvalue weighted by atomic mass is 16.3. The summed E-state index contributed by atoms with van der Waals surface area (Å²) >= 11 is 0. The predicted octanol–water partition coefficient (Wildman–Crippen LogP) is 1.84. The molecule has 0 aromatic rings. The van der Waals surface area contributed by atoms with Gasteiger partial charge in [-0.1, -0.05) is 27.2 Å². The Bertz CT molecular complexity index is 218. The van der Waals surface area contributed by atoms with Gasteiger partial charge in [0.1, 0.15) is 0 Å². The number of nitrogens with zero attached hydrogens (tertiary/aromatic N) is 1. The molecule has 1 fully saturated rings. The first-order chi connectivity index (χ1) is 8.01. The van der Waals surface area contributed by atoms with Crippen LogP contribution in [0, 0.1) is 11.3 Å². The molecule has 2 unspecified atom stereocenters. The molecule has 0 saturated heterocycles. The van der Waals surface area contributed by atoms with Crippen LogP contribution in [0.5, 0.6) is 0 Å². The Morgan fingerprint density at radius 2 is 2.06 bits per heavy atom. The summed E-state index contributed by atoms with van der Waals surface area (Å²) in [5, 5.41) is 9.11. The van der Waals surface area contributed by atoms with E-state index in [2.05, 4.69) is 25.7 Å². The Labute approximate surface area is 106 Å². The van der Waals surface area contributed by atoms with Crippen LogP contribution in [0.25, 0.3) is 0 Å². The fourth-order valence-corrected chi connectivity index (χ4v) is 2.90. The Balaban J connectivity index is 2.44. The number of aliphatic hydroxyl groups is 1. The molecule has 0 bridgehead atoms. The highest BCUT2D eigenvalue weighted by Gasteiger charge is 2.39. The van der Waals surface area contributed by atoms with Gasteiger partial charge in [0, 0.05) is 19.1 Å². The Kier molecular flexibility index (Phi) is 5.90. The molecule has 0 radical (unpaired) electrons. The standard InChI is InChI=1S/C14H30N2O/c1-4-5-8-16(9-10-17)11-12-6-7-14(2,3)13(12)15/h12-13,17H,4-11,15H2,1-3H3. The second-order valence-electron chi connectivity index (χ2n) is 6.19. The number of unbranched alkanes of at least 4 members (excludes halogenated alkanes) is 1. The normalized spacial score (nSPS) is 27.9. The summed E-state index contributed by atoms with van der Waals surface area (Å²) in [5.41, 5.74) is 6.63. The van der Waals surface area contributed by atoms with Crippen LogP contribution >= 0.6 is 0 Å². The molecule has 102 valence electrons. The van der Waals surface area contributed by atoms with Crippen molar-refractivity contribution in [1.29, 1.82) is 0 Å². The summed E-state index contributed by atoms with van der Waals surface area (Å²) in [6.45, 7) is 9.98. The minimum absolute atomic E-state index is 0.259. The fraction of sp³-hybridized carbons (Fsp3) is 1.00. The van der Waals surface area contributed by atoms with Crippen molar-refractivity contribution in [1.82, 2.24) is 4.90 Å². The summed E-state index contributed by atoms with van der Waals surface area (Å²) in [6.07, 6.45) is 4.90. The van der Waals surface area contributed by atoms with Gasteiger partial charge in [-0.2, -0.15) is 0 Å². The second kappa shape index (κ2) is 6.72. The number of rotatable bonds is 7. The molecule has 17 heavy (non-hydrogen) atoms. The second-order valence-corrected chi connectivity index (χ2v) is 6.19. The van der Waals surface area contributed by atoms with E-state index in [1.54, 1.807) is 0 Å².